The van der Waals surface area contributed by atoms with Gasteiger partial charge >= 0.3 is 0 Å². The molecule has 6 fully saturated rings. The van der Waals surface area contributed by atoms with Gasteiger partial charge in [0.15, 0.2) is 29.5 Å². The molecule has 0 aromatic carbocycles. The Labute approximate surface area is 642 Å². The second-order valence-electron chi connectivity index (χ2n) is 31.2. The van der Waals surface area contributed by atoms with E-state index in [0.29, 0.717) is 80.0 Å². The number of carbonyl (C=O) groups excluding carboxylic acids is 2. The van der Waals surface area contributed by atoms with Crippen LogP contribution < -0.4 is 0 Å². The van der Waals surface area contributed by atoms with Crippen molar-refractivity contribution < 1.29 is 153 Å². The van der Waals surface area contributed by atoms with Crippen LogP contribution in [0.4, 0.5) is 0 Å². The van der Waals surface area contributed by atoms with Gasteiger partial charge in [-0.2, -0.15) is 12.6 Å². The molecule has 91 heavy (non-hydrogen) atoms. The summed E-state index contributed by atoms with van der Waals surface area (Å²) in [7, 11) is -9.05. The van der Waals surface area contributed by atoms with Crippen molar-refractivity contribution in [2.75, 3.05) is 49.6 Å². The molecule has 0 heterocycles. The number of alkyl halides is 1. The number of thiol groups is 1. The maximum absolute atomic E-state index is 12.2. The van der Waals surface area contributed by atoms with Gasteiger partial charge < -0.3 is 29.9 Å². The number of Topliss-reactive ketones (excluding diaryl/α,β-unsaturated/α-hetero) is 2. The molecule has 14 nitrogen and oxygen atoms in total. The van der Waals surface area contributed by atoms with Gasteiger partial charge in [-0.3, -0.25) is 9.59 Å². The molecule has 6 aliphatic rings. The van der Waals surface area contributed by atoms with Gasteiger partial charge in [0.1, 0.15) is 11.6 Å². The zero-order valence-electron chi connectivity index (χ0n) is 59.3. The summed E-state index contributed by atoms with van der Waals surface area (Å²) in [5.74, 6) is 4.29. The van der Waals surface area contributed by atoms with Crippen LogP contribution in [0.25, 0.3) is 0 Å². The predicted octanol–water partition coefficient (Wildman–Crippen LogP) is 15.2. The second-order valence-corrected chi connectivity index (χ2v) is 41.5. The van der Waals surface area contributed by atoms with E-state index in [2.05, 4.69) is 68.0 Å². The smallest absolute Gasteiger partial charge is 0.155 e. The molecule has 0 bridgehead atoms. The third-order valence-corrected chi connectivity index (χ3v) is 28.7. The van der Waals surface area contributed by atoms with Crippen LogP contribution in [0.15, 0.2) is 0 Å². The average Bonchev–Trinajstić information content (AvgIpc) is 1.66. The van der Waals surface area contributed by atoms with Gasteiger partial charge in [-0.15, -0.1) is 11.6 Å². The molecule has 0 amide bonds. The van der Waals surface area contributed by atoms with Crippen molar-refractivity contribution in [3.8, 4) is 0 Å². The van der Waals surface area contributed by atoms with E-state index in [9.17, 15) is 45.1 Å². The summed E-state index contributed by atoms with van der Waals surface area (Å²) in [5, 5.41) is 36.9. The third-order valence-electron chi connectivity index (χ3n) is 20.4. The molecule has 0 aromatic heterocycles. The minimum Gasteiger partial charge on any atom is -0.396 e. The minimum absolute atomic E-state index is 0. The van der Waals surface area contributed by atoms with E-state index in [0.717, 1.165) is 116 Å². The third kappa shape index (κ3) is 32.6. The van der Waals surface area contributed by atoms with Gasteiger partial charge in [0, 0.05) is 143 Å². The molecule has 0 aromatic rings. The van der Waals surface area contributed by atoms with Crippen LogP contribution in [-0.2, 0) is 48.6 Å². The van der Waals surface area contributed by atoms with E-state index in [4.69, 9.17) is 31.3 Å². The van der Waals surface area contributed by atoms with E-state index in [-0.39, 0.29) is 191 Å². The summed E-state index contributed by atoms with van der Waals surface area (Å²) in [6, 6.07) is 0. The van der Waals surface area contributed by atoms with E-state index >= 15 is 0 Å². The molecule has 0 aliphatic heterocycles. The molecule has 0 saturated heterocycles. The van der Waals surface area contributed by atoms with Gasteiger partial charge in [-0.1, -0.05) is 69.2 Å². The fourth-order valence-corrected chi connectivity index (χ4v) is 18.4. The van der Waals surface area contributed by atoms with Crippen molar-refractivity contribution in [3.05, 3.63) is 0 Å². The van der Waals surface area contributed by atoms with E-state index in [1.54, 1.807) is 69.2 Å². The summed E-state index contributed by atoms with van der Waals surface area (Å²) >= 11 is 9.39. The first-order valence-electron chi connectivity index (χ1n) is 33.6. The first-order valence-corrected chi connectivity index (χ1v) is 39.5. The number of aliphatic hydroxyl groups is 4. The molecular formula is C70H139Ac2ClO14S4. The molecule has 21 heteroatoms. The van der Waals surface area contributed by atoms with Gasteiger partial charge in [-0.05, 0) is 251 Å². The number of unbranched alkanes of at least 4 members (excludes halogenated alkanes) is 4. The fourth-order valence-electron chi connectivity index (χ4n) is 14.6. The summed E-state index contributed by atoms with van der Waals surface area (Å²) in [6.45, 7) is 36.2. The number of ether oxygens (including phenoxy) is 2. The maximum Gasteiger partial charge on any atom is 0.155 e. The molecule has 2 radical (unpaired) electrons. The van der Waals surface area contributed by atoms with Gasteiger partial charge in [0.2, 0.25) is 0 Å². The monoisotopic (exact) mass is 1820 g/mol. The van der Waals surface area contributed by atoms with Crippen LogP contribution in [0, 0.1) is 140 Å². The Morgan fingerprint density at radius 2 is 0.890 bits per heavy atom. The summed E-state index contributed by atoms with van der Waals surface area (Å²) in [4.78, 5) is 23.8. The molecule has 13 atom stereocenters. The molecule has 0 spiro atoms. The van der Waals surface area contributed by atoms with Gasteiger partial charge in [-0.25, -0.2) is 25.3 Å². The summed E-state index contributed by atoms with van der Waals surface area (Å²) in [5.41, 5.74) is 0.403. The number of hydrogen-bond acceptors (Lipinski definition) is 15. The largest absolute Gasteiger partial charge is 0.396 e. The second kappa shape index (κ2) is 44.8. The van der Waals surface area contributed by atoms with Crippen molar-refractivity contribution in [2.45, 2.75) is 331 Å². The number of aliphatic hydroxyl groups excluding tert-OH is 4. The maximum atomic E-state index is 12.2. The summed E-state index contributed by atoms with van der Waals surface area (Å²) in [6.07, 6.45) is 21.4. The van der Waals surface area contributed by atoms with E-state index in [1.165, 1.54) is 6.42 Å². The Balaban J connectivity index is -0.000000534. The molecule has 6 rings (SSSR count). The average molecular weight is 1820 g/mol. The molecular weight excluding hydrogens is 1680 g/mol. The quantitative estimate of drug-likeness (QED) is 0.0385. The number of fused-ring (bicyclic) bond motifs is 3. The van der Waals surface area contributed by atoms with Crippen LogP contribution >= 0.6 is 24.2 Å². The minimum atomic E-state index is -3.04. The van der Waals surface area contributed by atoms with Gasteiger partial charge in [0.05, 0.1) is 55.9 Å². The van der Waals surface area contributed by atoms with E-state index in [1.807, 2.05) is 0 Å². The Bertz CT molecular complexity index is 2340. The van der Waals surface area contributed by atoms with Gasteiger partial charge in [0.25, 0.3) is 0 Å². The predicted molar refractivity (Wildman–Crippen MR) is 378 cm³/mol. The van der Waals surface area contributed by atoms with Crippen molar-refractivity contribution in [1.82, 2.24) is 0 Å². The molecule has 6 aliphatic carbocycles. The first kappa shape index (κ1) is 99.8. The molecule has 6 saturated carbocycles. The number of carbonyl (C=O) groups is 2. The zero-order chi connectivity index (χ0) is 67.3. The van der Waals surface area contributed by atoms with E-state index < -0.39 is 43.8 Å². The topological polar surface area (TPSA) is 236 Å². The van der Waals surface area contributed by atoms with Crippen molar-refractivity contribution in [2.24, 2.45) is 51.8 Å². The molecule has 540 valence electrons. The number of ketones is 2. The SMILES string of the molecule is C.C.CC(=O)C1CCC2C(O)CCC[C@]12C.CC(C)(C)S.CC(C)(C)S(=O)(=O)CCCCO.C[C@@H](OCCCCS(=O)(=O)C(C)(C)C)C1CCC2C(O)CCC[C@@]21C.C[C@@H](OCCCCS(=O)(=O)C(C)(C)C)[C@H]1CC[C@H]2C(=O)CCC[C@]12C.OCCCCCl.[Ac].[Ac]. The Morgan fingerprint density at radius 1 is 0.549 bits per heavy atom. The standard InChI is InChI=1S/C20H38O4S.C20H36O4S.C12H20O2.C8H18O3S.C4H9ClO.C4H10S.2CH4.2Ac/c2*1-15(24-13-6-7-14-25(22,23)19(2,3)4)16-10-11-17-18(21)9-8-12-20(16,17)5;1-8(13)9-5-6-10-11(14)4-3-7-12(9,10)2;1-8(2,3)12(10,11)7-5-4-6-9;5-3-1-2-4-6;1-4(2,3)5;;;;/h15-18,21H,6-14H2,1-5H3;15-17H,6-14H2,1-5H3;9-11,14H,3-7H2,1-2H3;9H,4-7H2,1-3H3;6H,1-4H2;5H,1-3H3;2*1H4;;/t15-,16?,17?,18?,20-;15-,16-,17+,20-;9?,10?,11?,12-;;;;;;;/m111......./s1. The molecule has 6 unspecified atom stereocenters. The van der Waals surface area contributed by atoms with Crippen LogP contribution in [-0.4, -0.2) is 150 Å². The Kier molecular flexibility index (Phi) is 49.1. The molecule has 4 N–H and O–H groups in total. The fraction of sp³-hybridized carbons (Fsp3) is 0.971. The van der Waals surface area contributed by atoms with Crippen LogP contribution in [0.5, 0.6) is 0 Å². The summed E-state index contributed by atoms with van der Waals surface area (Å²) < 4.78 is 81.7. The number of halogens is 1. The first-order chi connectivity index (χ1) is 39.8. The van der Waals surface area contributed by atoms with Crippen LogP contribution in [0.2, 0.25) is 0 Å². The van der Waals surface area contributed by atoms with Crippen LogP contribution in [0.3, 0.4) is 0 Å². The Morgan fingerprint density at radius 3 is 1.26 bits per heavy atom. The van der Waals surface area contributed by atoms with Crippen molar-refractivity contribution in [1.29, 1.82) is 0 Å². The Hall–Kier alpha value is 2.47. The zero-order valence-corrected chi connectivity index (χ0v) is 72.9. The number of rotatable bonds is 22. The number of hydrogen-bond donors (Lipinski definition) is 5. The number of sulfone groups is 3. The normalized spacial score (nSPS) is 28.6. The van der Waals surface area contributed by atoms with Crippen LogP contribution in [0.1, 0.15) is 287 Å². The van der Waals surface area contributed by atoms with Crippen molar-refractivity contribution in [3.63, 3.8) is 0 Å². The van der Waals surface area contributed by atoms with Crippen molar-refractivity contribution >= 4 is 65.3 Å².